The third kappa shape index (κ3) is 2.43. The molecule has 0 bridgehead atoms. The van der Waals surface area contributed by atoms with E-state index in [9.17, 15) is 0 Å². The Hall–Kier alpha value is -0.930. The fourth-order valence-corrected chi connectivity index (χ4v) is 3.14. The zero-order valence-electron chi connectivity index (χ0n) is 11.0. The number of nitrogens with two attached hydrogens (primary N) is 1. The van der Waals surface area contributed by atoms with E-state index in [-0.39, 0.29) is 5.54 Å². The SMILES string of the molecule is COc1cc(Cl)c(C2(N)CCCCC2)c(OC)c1. The van der Waals surface area contributed by atoms with Crippen LogP contribution in [0.3, 0.4) is 0 Å². The maximum absolute atomic E-state index is 6.54. The first-order valence-electron chi connectivity index (χ1n) is 6.31. The van der Waals surface area contributed by atoms with Crippen molar-refractivity contribution in [2.45, 2.75) is 37.6 Å². The predicted molar refractivity (Wildman–Crippen MR) is 73.5 cm³/mol. The smallest absolute Gasteiger partial charge is 0.129 e. The van der Waals surface area contributed by atoms with Crippen molar-refractivity contribution in [3.8, 4) is 11.5 Å². The van der Waals surface area contributed by atoms with Crippen LogP contribution in [0.15, 0.2) is 12.1 Å². The molecule has 0 radical (unpaired) electrons. The van der Waals surface area contributed by atoms with Gasteiger partial charge in [-0.05, 0) is 18.9 Å². The van der Waals surface area contributed by atoms with Crippen molar-refractivity contribution in [2.24, 2.45) is 5.73 Å². The Balaban J connectivity index is 2.48. The first-order chi connectivity index (χ1) is 8.60. The molecule has 0 amide bonds. The lowest BCUT2D eigenvalue weighted by atomic mass is 9.77. The third-order valence-electron chi connectivity index (χ3n) is 3.73. The average molecular weight is 270 g/mol. The van der Waals surface area contributed by atoms with E-state index in [1.165, 1.54) is 6.42 Å². The number of methoxy groups -OCH3 is 2. The van der Waals surface area contributed by atoms with E-state index < -0.39 is 0 Å². The van der Waals surface area contributed by atoms with E-state index >= 15 is 0 Å². The molecule has 0 unspecified atom stereocenters. The summed E-state index contributed by atoms with van der Waals surface area (Å²) in [7, 11) is 3.25. The first-order valence-corrected chi connectivity index (χ1v) is 6.69. The topological polar surface area (TPSA) is 44.5 Å². The summed E-state index contributed by atoms with van der Waals surface area (Å²) < 4.78 is 10.7. The van der Waals surface area contributed by atoms with Crippen molar-refractivity contribution < 1.29 is 9.47 Å². The summed E-state index contributed by atoms with van der Waals surface area (Å²) in [6.07, 6.45) is 5.43. The van der Waals surface area contributed by atoms with Crippen LogP contribution in [0.25, 0.3) is 0 Å². The highest BCUT2D eigenvalue weighted by Crippen LogP contribution is 2.44. The van der Waals surface area contributed by atoms with Crippen LogP contribution >= 0.6 is 11.6 Å². The molecule has 0 atom stereocenters. The minimum absolute atomic E-state index is 0.368. The Morgan fingerprint density at radius 1 is 1.11 bits per heavy atom. The van der Waals surface area contributed by atoms with Crippen LogP contribution in [0.2, 0.25) is 5.02 Å². The molecular weight excluding hydrogens is 250 g/mol. The van der Waals surface area contributed by atoms with E-state index in [0.717, 1.165) is 37.0 Å². The summed E-state index contributed by atoms with van der Waals surface area (Å²) in [5.41, 5.74) is 7.10. The molecule has 2 N–H and O–H groups in total. The van der Waals surface area contributed by atoms with Crippen LogP contribution in [0.4, 0.5) is 0 Å². The largest absolute Gasteiger partial charge is 0.497 e. The zero-order valence-corrected chi connectivity index (χ0v) is 11.7. The van der Waals surface area contributed by atoms with E-state index in [1.54, 1.807) is 14.2 Å². The van der Waals surface area contributed by atoms with Gasteiger partial charge in [0.15, 0.2) is 0 Å². The lowest BCUT2D eigenvalue weighted by Crippen LogP contribution is -2.39. The second-order valence-electron chi connectivity index (χ2n) is 4.90. The fourth-order valence-electron chi connectivity index (χ4n) is 2.75. The van der Waals surface area contributed by atoms with Crippen molar-refractivity contribution >= 4 is 11.6 Å². The van der Waals surface area contributed by atoms with E-state index in [4.69, 9.17) is 26.8 Å². The Morgan fingerprint density at radius 2 is 1.78 bits per heavy atom. The van der Waals surface area contributed by atoms with Crippen LogP contribution in [0.5, 0.6) is 11.5 Å². The molecule has 2 rings (SSSR count). The molecule has 0 aromatic heterocycles. The molecule has 1 aromatic carbocycles. The van der Waals surface area contributed by atoms with Crippen molar-refractivity contribution in [1.29, 1.82) is 0 Å². The predicted octanol–water partition coefficient (Wildman–Crippen LogP) is 3.48. The van der Waals surface area contributed by atoms with Crippen molar-refractivity contribution in [1.82, 2.24) is 0 Å². The van der Waals surface area contributed by atoms with Crippen molar-refractivity contribution in [2.75, 3.05) is 14.2 Å². The Kier molecular flexibility index (Phi) is 4.03. The highest BCUT2D eigenvalue weighted by atomic mass is 35.5. The van der Waals surface area contributed by atoms with Gasteiger partial charge in [-0.15, -0.1) is 0 Å². The van der Waals surface area contributed by atoms with Crippen molar-refractivity contribution in [3.05, 3.63) is 22.7 Å². The average Bonchev–Trinajstić information content (AvgIpc) is 2.38. The second-order valence-corrected chi connectivity index (χ2v) is 5.31. The van der Waals surface area contributed by atoms with E-state index in [2.05, 4.69) is 0 Å². The molecule has 18 heavy (non-hydrogen) atoms. The lowest BCUT2D eigenvalue weighted by molar-refractivity contribution is 0.288. The summed E-state index contributed by atoms with van der Waals surface area (Å²) in [6.45, 7) is 0. The molecule has 0 saturated heterocycles. The quantitative estimate of drug-likeness (QED) is 0.914. The zero-order chi connectivity index (χ0) is 13.2. The summed E-state index contributed by atoms with van der Waals surface area (Å²) in [5, 5.41) is 0.635. The van der Waals surface area contributed by atoms with Crippen LogP contribution in [-0.4, -0.2) is 14.2 Å². The maximum atomic E-state index is 6.54. The normalized spacial score (nSPS) is 18.4. The number of halogens is 1. The van der Waals surface area contributed by atoms with Gasteiger partial charge in [0.1, 0.15) is 11.5 Å². The summed E-state index contributed by atoms with van der Waals surface area (Å²) in [5.74, 6) is 1.42. The maximum Gasteiger partial charge on any atom is 0.129 e. The van der Waals surface area contributed by atoms with E-state index in [0.29, 0.717) is 10.8 Å². The van der Waals surface area contributed by atoms with Crippen molar-refractivity contribution in [3.63, 3.8) is 0 Å². The van der Waals surface area contributed by atoms with E-state index in [1.807, 2.05) is 12.1 Å². The number of hydrogen-bond donors (Lipinski definition) is 1. The van der Waals surface area contributed by atoms with Gasteiger partial charge >= 0.3 is 0 Å². The second kappa shape index (κ2) is 5.37. The van der Waals surface area contributed by atoms with Crippen LogP contribution < -0.4 is 15.2 Å². The van der Waals surface area contributed by atoms with Crippen LogP contribution in [0, 0.1) is 0 Å². The molecule has 1 aliphatic carbocycles. The minimum Gasteiger partial charge on any atom is -0.497 e. The molecule has 0 spiro atoms. The van der Waals surface area contributed by atoms with Gasteiger partial charge in [-0.2, -0.15) is 0 Å². The molecule has 3 nitrogen and oxygen atoms in total. The van der Waals surface area contributed by atoms with Gasteiger partial charge in [0, 0.05) is 17.2 Å². The minimum atomic E-state index is -0.368. The Morgan fingerprint density at radius 3 is 2.33 bits per heavy atom. The molecule has 100 valence electrons. The molecule has 1 fully saturated rings. The number of ether oxygens (including phenoxy) is 2. The Bertz CT molecular complexity index is 428. The summed E-state index contributed by atoms with van der Waals surface area (Å²) in [6, 6.07) is 3.66. The first kappa shape index (κ1) is 13.5. The molecule has 1 aliphatic rings. The van der Waals surface area contributed by atoms with Gasteiger partial charge in [-0.25, -0.2) is 0 Å². The highest BCUT2D eigenvalue weighted by Gasteiger charge is 2.34. The summed E-state index contributed by atoms with van der Waals surface area (Å²) >= 11 is 6.38. The molecular formula is C14H20ClNO2. The fraction of sp³-hybridized carbons (Fsp3) is 0.571. The lowest BCUT2D eigenvalue weighted by Gasteiger charge is -2.35. The monoisotopic (exact) mass is 269 g/mol. The third-order valence-corrected chi connectivity index (χ3v) is 4.02. The molecule has 4 heteroatoms. The van der Waals surface area contributed by atoms with Gasteiger partial charge in [-0.1, -0.05) is 30.9 Å². The van der Waals surface area contributed by atoms with Gasteiger partial charge in [0.2, 0.25) is 0 Å². The number of benzene rings is 1. The number of hydrogen-bond acceptors (Lipinski definition) is 3. The van der Waals surface area contributed by atoms with Gasteiger partial charge in [0.05, 0.1) is 19.2 Å². The van der Waals surface area contributed by atoms with Gasteiger partial charge in [0.25, 0.3) is 0 Å². The van der Waals surface area contributed by atoms with Crippen LogP contribution in [-0.2, 0) is 5.54 Å². The summed E-state index contributed by atoms with van der Waals surface area (Å²) in [4.78, 5) is 0. The van der Waals surface area contributed by atoms with Gasteiger partial charge in [-0.3, -0.25) is 0 Å². The number of rotatable bonds is 3. The molecule has 1 aromatic rings. The molecule has 0 heterocycles. The molecule has 0 aliphatic heterocycles. The highest BCUT2D eigenvalue weighted by molar-refractivity contribution is 6.31. The standard InChI is InChI=1S/C14H20ClNO2/c1-17-10-8-11(15)13(12(9-10)18-2)14(16)6-4-3-5-7-14/h8-9H,3-7,16H2,1-2H3. The Labute approximate surface area is 113 Å². The van der Waals surface area contributed by atoms with Gasteiger partial charge < -0.3 is 15.2 Å². The molecule has 1 saturated carbocycles. The van der Waals surface area contributed by atoms with Crippen LogP contribution in [0.1, 0.15) is 37.7 Å².